The second-order valence-electron chi connectivity index (χ2n) is 10.8. The van der Waals surface area contributed by atoms with E-state index in [1.54, 1.807) is 17.8 Å². The van der Waals surface area contributed by atoms with E-state index in [9.17, 15) is 55.2 Å². The standard InChI is InChI=1S/C12H9N3.C10H14.C6H7N5O.2F6P.H2O.Ru/c1-2-6-10-9(5-1)14-12(15-10)11-7-3-4-8-13-11;1-8(2)10-6-4-9(3)5-7-10;1-11-2-8-3-4(11)9-6(7)10-5(3)12;2*1-7(2,3,4,5)6;;/h1-8H,(H,14,15);4-8H,1-3H3;2H,1H3,(H3,7,9,10,12);;;1H2;/q;;;2*-1;;+2. The first kappa shape index (κ1) is 48.8. The Kier molecular flexibility index (Phi) is 14.8. The van der Waals surface area contributed by atoms with E-state index < -0.39 is 15.6 Å². The molecular formula is C28H32F12N8O2P2Ru. The molecule has 0 bridgehead atoms. The third-order valence-electron chi connectivity index (χ3n) is 5.63. The van der Waals surface area contributed by atoms with Gasteiger partial charge in [-0.15, -0.1) is 0 Å². The number of H-pyrrole nitrogens is 2. The summed E-state index contributed by atoms with van der Waals surface area (Å²) in [5, 5.41) is 0. The number of hydrogen-bond acceptors (Lipinski definition) is 6. The number of fused-ring (bicyclic) bond motifs is 2. The molecule has 0 saturated heterocycles. The van der Waals surface area contributed by atoms with Gasteiger partial charge in [-0.1, -0.05) is 61.9 Å². The fourth-order valence-corrected chi connectivity index (χ4v) is 3.56. The maximum Gasteiger partial charge on any atom is 2.00 e. The zero-order valence-electron chi connectivity index (χ0n) is 27.6. The van der Waals surface area contributed by atoms with Crippen molar-refractivity contribution in [2.45, 2.75) is 26.7 Å². The van der Waals surface area contributed by atoms with Crippen LogP contribution in [-0.2, 0) is 26.5 Å². The molecule has 10 nitrogen and oxygen atoms in total. The fourth-order valence-electron chi connectivity index (χ4n) is 3.56. The summed E-state index contributed by atoms with van der Waals surface area (Å²) in [4.78, 5) is 33.3. The van der Waals surface area contributed by atoms with Crippen molar-refractivity contribution in [3.05, 3.63) is 101 Å². The smallest absolute Gasteiger partial charge is 0.412 e. The maximum atomic E-state index is 11.2. The number of halogens is 12. The van der Waals surface area contributed by atoms with Crippen molar-refractivity contribution in [3.63, 3.8) is 0 Å². The van der Waals surface area contributed by atoms with Gasteiger partial charge in [0.15, 0.2) is 17.0 Å². The number of nitrogens with two attached hydrogens (primary N) is 1. The predicted molar refractivity (Wildman–Crippen MR) is 179 cm³/mol. The number of nitrogens with zero attached hydrogens (tertiary/aromatic N) is 5. The maximum absolute atomic E-state index is 11.2. The van der Waals surface area contributed by atoms with E-state index in [1.807, 2.05) is 42.5 Å². The van der Waals surface area contributed by atoms with Crippen molar-refractivity contribution in [1.29, 1.82) is 0 Å². The van der Waals surface area contributed by atoms with Crippen LogP contribution in [0, 0.1) is 6.92 Å². The van der Waals surface area contributed by atoms with Crippen LogP contribution in [0.3, 0.4) is 0 Å². The number of aromatic nitrogens is 7. The van der Waals surface area contributed by atoms with E-state index in [2.05, 4.69) is 74.9 Å². The molecule has 0 unspecified atom stereocenters. The Labute approximate surface area is 304 Å². The minimum atomic E-state index is -10.7. The minimum absolute atomic E-state index is 0. The molecule has 6 rings (SSSR count). The number of aryl methyl sites for hydroxylation is 2. The van der Waals surface area contributed by atoms with E-state index in [0.29, 0.717) is 17.1 Å². The Morgan fingerprint density at radius 3 is 1.72 bits per heavy atom. The van der Waals surface area contributed by atoms with Gasteiger partial charge in [-0.3, -0.25) is 14.8 Å². The van der Waals surface area contributed by atoms with Crippen molar-refractivity contribution < 1.29 is 75.3 Å². The number of pyridine rings is 1. The van der Waals surface area contributed by atoms with Gasteiger partial charge < -0.3 is 20.8 Å². The third kappa shape index (κ3) is 23.2. The van der Waals surface area contributed by atoms with Crippen LogP contribution in [-0.4, -0.2) is 39.9 Å². The largest absolute Gasteiger partial charge is 2.00 e. The number of anilines is 1. The average Bonchev–Trinajstić information content (AvgIpc) is 3.55. The van der Waals surface area contributed by atoms with Gasteiger partial charge in [0, 0.05) is 13.2 Å². The number of imidazole rings is 2. The molecule has 0 saturated carbocycles. The Morgan fingerprint density at radius 2 is 1.25 bits per heavy atom. The summed E-state index contributed by atoms with van der Waals surface area (Å²) in [7, 11) is -19.6. The molecule has 0 amide bonds. The number of benzene rings is 2. The number of nitrogen functional groups attached to an aromatic ring is 1. The summed E-state index contributed by atoms with van der Waals surface area (Å²) in [6.45, 7) is 6.54. The van der Waals surface area contributed by atoms with E-state index in [4.69, 9.17) is 5.73 Å². The van der Waals surface area contributed by atoms with Crippen molar-refractivity contribution >= 4 is 43.8 Å². The number of para-hydroxylation sites is 2. The summed E-state index contributed by atoms with van der Waals surface area (Å²) in [6, 6.07) is 22.5. The molecule has 6 aromatic rings. The van der Waals surface area contributed by atoms with Crippen LogP contribution >= 0.6 is 15.6 Å². The Balaban J connectivity index is 0.000000654. The first-order valence-corrected chi connectivity index (χ1v) is 18.0. The van der Waals surface area contributed by atoms with Crippen molar-refractivity contribution in [3.8, 4) is 11.5 Å². The zero-order valence-corrected chi connectivity index (χ0v) is 31.1. The molecule has 0 radical (unpaired) electrons. The predicted octanol–water partition coefficient (Wildman–Crippen LogP) is 10.9. The van der Waals surface area contributed by atoms with Crippen LogP contribution in [0.25, 0.3) is 33.7 Å². The van der Waals surface area contributed by atoms with E-state index in [-0.39, 0.29) is 36.5 Å². The van der Waals surface area contributed by atoms with Gasteiger partial charge in [0.25, 0.3) is 5.56 Å². The Hall–Kier alpha value is -4.19. The van der Waals surface area contributed by atoms with Crippen molar-refractivity contribution in [1.82, 2.24) is 34.5 Å². The number of nitrogens with one attached hydrogen (secondary N) is 2. The molecule has 4 aromatic heterocycles. The molecule has 2 aromatic carbocycles. The van der Waals surface area contributed by atoms with Crippen LogP contribution in [0.5, 0.6) is 0 Å². The van der Waals surface area contributed by atoms with E-state index in [1.165, 1.54) is 17.5 Å². The monoisotopic (exact) mass is 904 g/mol. The van der Waals surface area contributed by atoms with Gasteiger partial charge in [0.05, 0.1) is 17.4 Å². The molecule has 0 aliphatic rings. The Morgan fingerprint density at radius 1 is 0.736 bits per heavy atom. The molecular weight excluding hydrogens is 871 g/mol. The molecule has 0 fully saturated rings. The molecule has 298 valence electrons. The molecule has 0 aliphatic heterocycles. The third-order valence-corrected chi connectivity index (χ3v) is 5.63. The molecule has 53 heavy (non-hydrogen) atoms. The van der Waals surface area contributed by atoms with Crippen LogP contribution in [0.4, 0.5) is 56.3 Å². The average molecular weight is 904 g/mol. The first-order chi connectivity index (χ1) is 22.7. The molecule has 6 N–H and O–H groups in total. The number of rotatable bonds is 2. The van der Waals surface area contributed by atoms with Gasteiger partial charge in [0.1, 0.15) is 5.69 Å². The molecule has 4 heterocycles. The van der Waals surface area contributed by atoms with Crippen molar-refractivity contribution in [2.24, 2.45) is 7.05 Å². The van der Waals surface area contributed by atoms with Crippen LogP contribution in [0.2, 0.25) is 0 Å². The van der Waals surface area contributed by atoms with Gasteiger partial charge in [-0.25, -0.2) is 9.97 Å². The van der Waals surface area contributed by atoms with E-state index >= 15 is 0 Å². The van der Waals surface area contributed by atoms with Crippen molar-refractivity contribution in [2.75, 3.05) is 5.73 Å². The van der Waals surface area contributed by atoms with Crippen LogP contribution in [0.1, 0.15) is 30.9 Å². The summed E-state index contributed by atoms with van der Waals surface area (Å²) >= 11 is 0. The molecule has 0 atom stereocenters. The number of aromatic amines is 2. The summed E-state index contributed by atoms with van der Waals surface area (Å²) in [6.07, 6.45) is 3.29. The second-order valence-corrected chi connectivity index (χ2v) is 14.6. The second kappa shape index (κ2) is 16.0. The van der Waals surface area contributed by atoms with Gasteiger partial charge in [-0.2, -0.15) is 4.98 Å². The molecule has 25 heteroatoms. The van der Waals surface area contributed by atoms with Gasteiger partial charge in [-0.05, 0) is 42.7 Å². The van der Waals surface area contributed by atoms with Gasteiger partial charge in [0.2, 0.25) is 5.95 Å². The normalized spacial score (nSPS) is 13.5. The summed E-state index contributed by atoms with van der Waals surface area (Å²) in [5.41, 5.74) is 11.5. The van der Waals surface area contributed by atoms with Crippen LogP contribution < -0.4 is 11.3 Å². The van der Waals surface area contributed by atoms with Crippen LogP contribution in [0.15, 0.2) is 84.0 Å². The van der Waals surface area contributed by atoms with E-state index in [0.717, 1.165) is 22.6 Å². The fraction of sp³-hybridized carbons (Fsp3) is 0.179. The molecule has 0 aliphatic carbocycles. The molecule has 0 spiro atoms. The minimum Gasteiger partial charge on any atom is -0.412 e. The SMILES string of the molecule is Cc1ccc(C(C)C)cc1.Cn1cnc2c(=O)[nH]c(N)nc21.F[P-](F)(F)(F)(F)F.F[P-](F)(F)(F)(F)F.O.[Ru+2].c1ccc(-c2nc3ccccc3[nH]2)nc1. The Bertz CT molecular complexity index is 2050. The summed E-state index contributed by atoms with van der Waals surface area (Å²) < 4.78 is 120. The quantitative estimate of drug-likeness (QED) is 0.0890. The van der Waals surface area contributed by atoms with Gasteiger partial charge >= 0.3 is 85.5 Å². The summed E-state index contributed by atoms with van der Waals surface area (Å²) in [5.74, 6) is 1.58. The zero-order chi connectivity index (χ0) is 39.2. The topological polar surface area (TPSA) is 163 Å². The first-order valence-electron chi connectivity index (χ1n) is 13.9. The number of hydrogen-bond donors (Lipinski definition) is 3.